The number of rotatable bonds is 6. The van der Waals surface area contributed by atoms with Gasteiger partial charge < -0.3 is 9.84 Å². The van der Waals surface area contributed by atoms with E-state index in [9.17, 15) is 9.50 Å². The summed E-state index contributed by atoms with van der Waals surface area (Å²) in [5.74, 6) is -0.300. The first kappa shape index (κ1) is 14.6. The molecule has 0 saturated heterocycles. The van der Waals surface area contributed by atoms with Crippen LogP contribution in [0.3, 0.4) is 0 Å². The van der Waals surface area contributed by atoms with Crippen molar-refractivity contribution in [3.8, 4) is 0 Å². The molecule has 1 aromatic carbocycles. The molecule has 0 radical (unpaired) electrons. The molecule has 0 bridgehead atoms. The minimum Gasteiger partial charge on any atom is -0.390 e. The van der Waals surface area contributed by atoms with Crippen LogP contribution in [0.25, 0.3) is 0 Å². The van der Waals surface area contributed by atoms with Crippen molar-refractivity contribution in [1.82, 2.24) is 0 Å². The molecule has 4 heteroatoms. The molecule has 0 aliphatic heterocycles. The molecule has 17 heavy (non-hydrogen) atoms. The Morgan fingerprint density at radius 3 is 2.65 bits per heavy atom. The molecule has 0 heterocycles. The average Bonchev–Trinajstić information content (AvgIpc) is 2.24. The van der Waals surface area contributed by atoms with E-state index in [1.807, 2.05) is 13.0 Å². The maximum absolute atomic E-state index is 13.2. The lowest BCUT2D eigenvalue weighted by Gasteiger charge is -2.21. The first-order chi connectivity index (χ1) is 8.06. The van der Waals surface area contributed by atoms with E-state index in [4.69, 9.17) is 4.74 Å². The molecule has 1 rings (SSSR count). The topological polar surface area (TPSA) is 29.5 Å². The van der Waals surface area contributed by atoms with Crippen LogP contribution in [0, 0.1) is 5.82 Å². The van der Waals surface area contributed by atoms with Gasteiger partial charge in [-0.15, -0.1) is 0 Å². The SMILES string of the molecule is CCCC(OC)C(O)Cc1cc(F)cc(Br)c1. The van der Waals surface area contributed by atoms with Gasteiger partial charge >= 0.3 is 0 Å². The molecular formula is C13H18BrFO2. The molecule has 1 aromatic rings. The van der Waals surface area contributed by atoms with Gasteiger partial charge in [-0.25, -0.2) is 4.39 Å². The van der Waals surface area contributed by atoms with E-state index in [-0.39, 0.29) is 11.9 Å². The Kier molecular flexibility index (Phi) is 6.09. The van der Waals surface area contributed by atoms with Crippen LogP contribution in [0.1, 0.15) is 25.3 Å². The molecule has 0 saturated carbocycles. The van der Waals surface area contributed by atoms with Crippen LogP contribution in [0.5, 0.6) is 0 Å². The van der Waals surface area contributed by atoms with Crippen LogP contribution in [0.15, 0.2) is 22.7 Å². The lowest BCUT2D eigenvalue weighted by atomic mass is 10.0. The smallest absolute Gasteiger partial charge is 0.124 e. The zero-order chi connectivity index (χ0) is 12.8. The zero-order valence-corrected chi connectivity index (χ0v) is 11.7. The van der Waals surface area contributed by atoms with Crippen molar-refractivity contribution >= 4 is 15.9 Å². The van der Waals surface area contributed by atoms with E-state index < -0.39 is 6.10 Å². The number of hydrogen-bond donors (Lipinski definition) is 1. The van der Waals surface area contributed by atoms with Gasteiger partial charge in [0.05, 0.1) is 12.2 Å². The number of hydrogen-bond acceptors (Lipinski definition) is 2. The number of halogens is 2. The second-order valence-corrected chi connectivity index (χ2v) is 5.03. The molecule has 0 fully saturated rings. The highest BCUT2D eigenvalue weighted by atomic mass is 79.9. The number of aliphatic hydroxyl groups is 1. The summed E-state index contributed by atoms with van der Waals surface area (Å²) in [6, 6.07) is 4.65. The van der Waals surface area contributed by atoms with Crippen molar-refractivity contribution in [2.24, 2.45) is 0 Å². The Balaban J connectivity index is 2.68. The summed E-state index contributed by atoms with van der Waals surface area (Å²) < 4.78 is 19.1. The summed E-state index contributed by atoms with van der Waals surface area (Å²) >= 11 is 3.23. The van der Waals surface area contributed by atoms with Crippen LogP contribution in [-0.4, -0.2) is 24.4 Å². The molecule has 0 aliphatic carbocycles. The zero-order valence-electron chi connectivity index (χ0n) is 10.1. The molecule has 0 aliphatic rings. The summed E-state index contributed by atoms with van der Waals surface area (Å²) in [6.45, 7) is 2.04. The van der Waals surface area contributed by atoms with Gasteiger partial charge in [0.15, 0.2) is 0 Å². The van der Waals surface area contributed by atoms with Crippen LogP contribution in [0.4, 0.5) is 4.39 Å². The summed E-state index contributed by atoms with van der Waals surface area (Å²) in [4.78, 5) is 0. The molecule has 2 nitrogen and oxygen atoms in total. The lowest BCUT2D eigenvalue weighted by Crippen LogP contribution is -2.29. The van der Waals surface area contributed by atoms with Crippen molar-refractivity contribution in [1.29, 1.82) is 0 Å². The number of benzene rings is 1. The fraction of sp³-hybridized carbons (Fsp3) is 0.538. The predicted molar refractivity (Wildman–Crippen MR) is 69.5 cm³/mol. The minimum absolute atomic E-state index is 0.193. The largest absolute Gasteiger partial charge is 0.390 e. The summed E-state index contributed by atoms with van der Waals surface area (Å²) in [5, 5.41) is 10.0. The van der Waals surface area contributed by atoms with Gasteiger partial charge in [0, 0.05) is 18.0 Å². The van der Waals surface area contributed by atoms with E-state index >= 15 is 0 Å². The highest BCUT2D eigenvalue weighted by Gasteiger charge is 2.18. The first-order valence-corrected chi connectivity index (χ1v) is 6.52. The van der Waals surface area contributed by atoms with Gasteiger partial charge in [0.25, 0.3) is 0 Å². The van der Waals surface area contributed by atoms with Gasteiger partial charge in [0.1, 0.15) is 5.82 Å². The molecule has 2 atom stereocenters. The molecule has 0 spiro atoms. The third-order valence-electron chi connectivity index (χ3n) is 2.67. The van der Waals surface area contributed by atoms with Crippen molar-refractivity contribution in [3.05, 3.63) is 34.1 Å². The van der Waals surface area contributed by atoms with Crippen molar-refractivity contribution in [2.75, 3.05) is 7.11 Å². The first-order valence-electron chi connectivity index (χ1n) is 5.72. The van der Waals surface area contributed by atoms with E-state index in [2.05, 4.69) is 15.9 Å². The summed E-state index contributed by atoms with van der Waals surface area (Å²) in [5.41, 5.74) is 0.766. The maximum Gasteiger partial charge on any atom is 0.124 e. The van der Waals surface area contributed by atoms with Gasteiger partial charge in [0.2, 0.25) is 0 Å². The minimum atomic E-state index is -0.603. The Morgan fingerprint density at radius 1 is 1.41 bits per heavy atom. The number of methoxy groups -OCH3 is 1. The van der Waals surface area contributed by atoms with E-state index in [1.54, 1.807) is 7.11 Å². The molecular weight excluding hydrogens is 287 g/mol. The Hall–Kier alpha value is -0.450. The van der Waals surface area contributed by atoms with E-state index in [0.29, 0.717) is 10.9 Å². The van der Waals surface area contributed by atoms with Gasteiger partial charge in [-0.3, -0.25) is 0 Å². The number of aliphatic hydroxyl groups excluding tert-OH is 1. The van der Waals surface area contributed by atoms with Gasteiger partial charge in [-0.2, -0.15) is 0 Å². The van der Waals surface area contributed by atoms with E-state index in [0.717, 1.165) is 18.4 Å². The van der Waals surface area contributed by atoms with Crippen molar-refractivity contribution in [2.45, 2.75) is 38.4 Å². The van der Waals surface area contributed by atoms with Crippen molar-refractivity contribution < 1.29 is 14.2 Å². The van der Waals surface area contributed by atoms with Crippen LogP contribution >= 0.6 is 15.9 Å². The third-order valence-corrected chi connectivity index (χ3v) is 3.13. The second kappa shape index (κ2) is 7.09. The Labute approximate surface area is 110 Å². The number of ether oxygens (including phenoxy) is 1. The molecule has 1 N–H and O–H groups in total. The second-order valence-electron chi connectivity index (χ2n) is 4.11. The molecule has 96 valence electrons. The highest BCUT2D eigenvalue weighted by molar-refractivity contribution is 9.10. The highest BCUT2D eigenvalue weighted by Crippen LogP contribution is 2.18. The maximum atomic E-state index is 13.2. The average molecular weight is 305 g/mol. The fourth-order valence-electron chi connectivity index (χ4n) is 1.85. The monoisotopic (exact) mass is 304 g/mol. The van der Waals surface area contributed by atoms with Crippen LogP contribution in [-0.2, 0) is 11.2 Å². The van der Waals surface area contributed by atoms with Gasteiger partial charge in [-0.1, -0.05) is 29.3 Å². The fourth-order valence-corrected chi connectivity index (χ4v) is 2.37. The summed E-state index contributed by atoms with van der Waals surface area (Å²) in [7, 11) is 1.59. The van der Waals surface area contributed by atoms with Gasteiger partial charge in [-0.05, 0) is 30.2 Å². The Morgan fingerprint density at radius 2 is 2.12 bits per heavy atom. The lowest BCUT2D eigenvalue weighted by molar-refractivity contribution is -0.0159. The third kappa shape index (κ3) is 4.74. The molecule has 0 aromatic heterocycles. The Bertz CT molecular complexity index is 337. The molecule has 0 amide bonds. The summed E-state index contributed by atoms with van der Waals surface area (Å²) in [6.07, 6.45) is 1.35. The molecule has 2 unspecified atom stereocenters. The van der Waals surface area contributed by atoms with Crippen LogP contribution in [0.2, 0.25) is 0 Å². The predicted octanol–water partition coefficient (Wildman–Crippen LogP) is 3.31. The van der Waals surface area contributed by atoms with E-state index in [1.165, 1.54) is 12.1 Å². The van der Waals surface area contributed by atoms with Crippen LogP contribution < -0.4 is 0 Å². The standard InChI is InChI=1S/C13H18BrFO2/c1-3-4-13(17-2)12(16)7-9-5-10(14)8-11(15)6-9/h5-6,8,12-13,16H,3-4,7H2,1-2H3. The van der Waals surface area contributed by atoms with Crippen molar-refractivity contribution in [3.63, 3.8) is 0 Å². The quantitative estimate of drug-likeness (QED) is 0.874. The normalized spacial score (nSPS) is 14.6.